The van der Waals surface area contributed by atoms with Crippen molar-refractivity contribution >= 4 is 5.78 Å². The van der Waals surface area contributed by atoms with Crippen LogP contribution in [0.5, 0.6) is 0 Å². The molecule has 94 valence electrons. The van der Waals surface area contributed by atoms with E-state index in [1.807, 2.05) is 38.0 Å². The molecular weight excluding hydrogens is 218 g/mol. The third kappa shape index (κ3) is 3.87. The van der Waals surface area contributed by atoms with E-state index in [-0.39, 0.29) is 5.78 Å². The SMILES string of the molecule is CN(C)CC1=CC(N=O)C=C(CN(C)C)C1=O. The van der Waals surface area contributed by atoms with Crippen LogP contribution < -0.4 is 0 Å². The van der Waals surface area contributed by atoms with Gasteiger partial charge in [0.25, 0.3) is 0 Å². The summed E-state index contributed by atoms with van der Waals surface area (Å²) >= 11 is 0. The first-order valence-corrected chi connectivity index (χ1v) is 5.52. The molecular formula is C12H19N3O2. The smallest absolute Gasteiger partial charge is 0.187 e. The molecule has 0 fully saturated rings. The van der Waals surface area contributed by atoms with E-state index in [4.69, 9.17) is 0 Å². The number of carbonyl (C=O) groups is 1. The van der Waals surface area contributed by atoms with E-state index in [1.54, 1.807) is 12.2 Å². The summed E-state index contributed by atoms with van der Waals surface area (Å²) in [5.41, 5.74) is 1.30. The summed E-state index contributed by atoms with van der Waals surface area (Å²) in [5.74, 6) is 0.0206. The van der Waals surface area contributed by atoms with Crippen LogP contribution in [-0.4, -0.2) is 62.9 Å². The minimum absolute atomic E-state index is 0.0206. The Morgan fingerprint density at radius 2 is 1.47 bits per heavy atom. The molecule has 17 heavy (non-hydrogen) atoms. The third-order valence-electron chi connectivity index (χ3n) is 2.42. The van der Waals surface area contributed by atoms with Gasteiger partial charge in [-0.3, -0.25) is 4.79 Å². The molecule has 1 aliphatic rings. The lowest BCUT2D eigenvalue weighted by molar-refractivity contribution is -0.112. The second-order valence-electron chi connectivity index (χ2n) is 4.78. The Hall–Kier alpha value is -1.33. The Labute approximate surface area is 102 Å². The predicted molar refractivity (Wildman–Crippen MR) is 67.9 cm³/mol. The lowest BCUT2D eigenvalue weighted by Crippen LogP contribution is -2.29. The second-order valence-corrected chi connectivity index (χ2v) is 4.78. The standard InChI is InChI=1S/C12H19N3O2/c1-14(2)7-9-5-11(13-17)6-10(12(9)16)8-15(3)4/h5-6,11H,7-8H2,1-4H3. The fourth-order valence-electron chi connectivity index (χ4n) is 1.81. The number of carbonyl (C=O) groups excluding carboxylic acids is 1. The Bertz CT molecular complexity index is 340. The molecule has 0 aromatic rings. The summed E-state index contributed by atoms with van der Waals surface area (Å²) in [5, 5.41) is 3.00. The monoisotopic (exact) mass is 237 g/mol. The van der Waals surface area contributed by atoms with Gasteiger partial charge in [0, 0.05) is 24.2 Å². The number of Topliss-reactive ketones (excluding diaryl/α,β-unsaturated/α-hetero) is 1. The van der Waals surface area contributed by atoms with Gasteiger partial charge in [0.05, 0.1) is 0 Å². The largest absolute Gasteiger partial charge is 0.305 e. The van der Waals surface area contributed by atoms with Gasteiger partial charge >= 0.3 is 0 Å². The second kappa shape index (κ2) is 5.84. The van der Waals surface area contributed by atoms with E-state index in [2.05, 4.69) is 5.18 Å². The summed E-state index contributed by atoms with van der Waals surface area (Å²) in [6.07, 6.45) is 3.29. The summed E-state index contributed by atoms with van der Waals surface area (Å²) < 4.78 is 0. The molecule has 5 nitrogen and oxygen atoms in total. The summed E-state index contributed by atoms with van der Waals surface area (Å²) in [4.78, 5) is 26.6. The average molecular weight is 237 g/mol. The van der Waals surface area contributed by atoms with Crippen molar-refractivity contribution in [2.75, 3.05) is 41.3 Å². The number of nitrogens with zero attached hydrogens (tertiary/aromatic N) is 3. The van der Waals surface area contributed by atoms with Gasteiger partial charge in [0.1, 0.15) is 6.04 Å². The zero-order valence-corrected chi connectivity index (χ0v) is 10.8. The van der Waals surface area contributed by atoms with Gasteiger partial charge in [-0.2, -0.15) is 0 Å². The molecule has 0 saturated carbocycles. The fourth-order valence-corrected chi connectivity index (χ4v) is 1.81. The van der Waals surface area contributed by atoms with Crippen LogP contribution in [0.25, 0.3) is 0 Å². The van der Waals surface area contributed by atoms with Crippen molar-refractivity contribution in [1.82, 2.24) is 9.80 Å². The maximum atomic E-state index is 12.1. The van der Waals surface area contributed by atoms with E-state index >= 15 is 0 Å². The third-order valence-corrected chi connectivity index (χ3v) is 2.42. The fraction of sp³-hybridized carbons (Fsp3) is 0.583. The highest BCUT2D eigenvalue weighted by molar-refractivity contribution is 6.10. The van der Waals surface area contributed by atoms with E-state index < -0.39 is 6.04 Å². The molecule has 1 rings (SSSR count). The highest BCUT2D eigenvalue weighted by Crippen LogP contribution is 2.18. The molecule has 5 heteroatoms. The zero-order chi connectivity index (χ0) is 13.0. The van der Waals surface area contributed by atoms with Gasteiger partial charge in [-0.15, -0.1) is 4.91 Å². The molecule has 0 aromatic carbocycles. The highest BCUT2D eigenvalue weighted by Gasteiger charge is 2.23. The quantitative estimate of drug-likeness (QED) is 0.660. The van der Waals surface area contributed by atoms with E-state index in [1.165, 1.54) is 0 Å². The van der Waals surface area contributed by atoms with Crippen LogP contribution >= 0.6 is 0 Å². The zero-order valence-electron chi connectivity index (χ0n) is 10.8. The topological polar surface area (TPSA) is 53.0 Å². The van der Waals surface area contributed by atoms with E-state index in [9.17, 15) is 9.70 Å². The molecule has 0 unspecified atom stereocenters. The van der Waals surface area contributed by atoms with Crippen LogP contribution in [0.2, 0.25) is 0 Å². The minimum Gasteiger partial charge on any atom is -0.305 e. The number of likely N-dealkylation sites (N-methyl/N-ethyl adjacent to an activating group) is 2. The number of rotatable bonds is 5. The van der Waals surface area contributed by atoms with Gasteiger partial charge in [0.15, 0.2) is 5.78 Å². The Morgan fingerprint density at radius 3 is 1.76 bits per heavy atom. The molecule has 0 spiro atoms. The molecule has 1 aliphatic carbocycles. The van der Waals surface area contributed by atoms with Crippen molar-refractivity contribution in [1.29, 1.82) is 0 Å². The van der Waals surface area contributed by atoms with Crippen molar-refractivity contribution in [2.24, 2.45) is 5.18 Å². The number of ketones is 1. The average Bonchev–Trinajstić information content (AvgIpc) is 2.22. The minimum atomic E-state index is -0.516. The van der Waals surface area contributed by atoms with E-state index in [0.717, 1.165) is 0 Å². The maximum absolute atomic E-state index is 12.1. The van der Waals surface area contributed by atoms with Crippen LogP contribution in [0, 0.1) is 4.91 Å². The molecule has 0 atom stereocenters. The molecule has 0 radical (unpaired) electrons. The van der Waals surface area contributed by atoms with Gasteiger partial charge < -0.3 is 9.80 Å². The molecule has 0 amide bonds. The maximum Gasteiger partial charge on any atom is 0.187 e. The highest BCUT2D eigenvalue weighted by atomic mass is 16.3. The van der Waals surface area contributed by atoms with Crippen LogP contribution in [0.3, 0.4) is 0 Å². The van der Waals surface area contributed by atoms with Gasteiger partial charge in [-0.25, -0.2) is 0 Å². The van der Waals surface area contributed by atoms with Crippen LogP contribution in [0.1, 0.15) is 0 Å². The van der Waals surface area contributed by atoms with Crippen LogP contribution in [0.15, 0.2) is 28.5 Å². The predicted octanol–water partition coefficient (Wildman–Crippen LogP) is 0.680. The Kier molecular flexibility index (Phi) is 4.72. The van der Waals surface area contributed by atoms with Crippen molar-refractivity contribution in [3.8, 4) is 0 Å². The molecule has 0 bridgehead atoms. The molecule has 0 N–H and O–H groups in total. The summed E-state index contributed by atoms with van der Waals surface area (Å²) in [6, 6.07) is -0.516. The molecule has 0 aliphatic heterocycles. The van der Waals surface area contributed by atoms with Gasteiger partial charge in [-0.1, -0.05) is 5.18 Å². The van der Waals surface area contributed by atoms with Crippen molar-refractivity contribution in [3.63, 3.8) is 0 Å². The number of nitroso groups, excluding NO2 is 1. The molecule has 0 aromatic heterocycles. The van der Waals surface area contributed by atoms with Crippen LogP contribution in [-0.2, 0) is 4.79 Å². The summed E-state index contributed by atoms with van der Waals surface area (Å²) in [6.45, 7) is 1.07. The molecule has 0 saturated heterocycles. The first-order valence-electron chi connectivity index (χ1n) is 5.52. The number of hydrogen-bond acceptors (Lipinski definition) is 5. The van der Waals surface area contributed by atoms with Crippen molar-refractivity contribution in [2.45, 2.75) is 6.04 Å². The molecule has 0 heterocycles. The summed E-state index contributed by atoms with van der Waals surface area (Å²) in [7, 11) is 7.56. The normalized spacial score (nSPS) is 17.4. The number of hydrogen-bond donors (Lipinski definition) is 0. The first kappa shape index (κ1) is 13.7. The van der Waals surface area contributed by atoms with Gasteiger partial charge in [0.2, 0.25) is 0 Å². The van der Waals surface area contributed by atoms with Gasteiger partial charge in [-0.05, 0) is 40.3 Å². The van der Waals surface area contributed by atoms with Crippen molar-refractivity contribution < 1.29 is 4.79 Å². The first-order chi connectivity index (χ1) is 7.93. The van der Waals surface area contributed by atoms with E-state index in [0.29, 0.717) is 24.2 Å². The van der Waals surface area contributed by atoms with Crippen LogP contribution in [0.4, 0.5) is 0 Å². The lowest BCUT2D eigenvalue weighted by Gasteiger charge is -2.21. The lowest BCUT2D eigenvalue weighted by atomic mass is 9.93. The Balaban J connectivity index is 2.91. The van der Waals surface area contributed by atoms with Crippen molar-refractivity contribution in [3.05, 3.63) is 28.2 Å². The Morgan fingerprint density at radius 1 is 1.06 bits per heavy atom.